The van der Waals surface area contributed by atoms with Gasteiger partial charge in [0.1, 0.15) is 11.5 Å². The number of hydrogen-bond acceptors (Lipinski definition) is 5. The molecule has 3 rings (SSSR count). The first-order valence-corrected chi connectivity index (χ1v) is 8.08. The SMILES string of the molecule is COc1ccc(CN(C)Cn2c(=O)oc3cc(Cl)ccc32)c(OC)c1. The van der Waals surface area contributed by atoms with Crippen molar-refractivity contribution in [3.8, 4) is 11.5 Å². The molecule has 3 aromatic rings. The summed E-state index contributed by atoms with van der Waals surface area (Å²) in [4.78, 5) is 14.1. The molecule has 25 heavy (non-hydrogen) atoms. The van der Waals surface area contributed by atoms with E-state index in [4.69, 9.17) is 25.5 Å². The molecule has 2 aromatic carbocycles. The van der Waals surface area contributed by atoms with Crippen molar-refractivity contribution in [3.63, 3.8) is 0 Å². The Morgan fingerprint density at radius 3 is 2.68 bits per heavy atom. The zero-order chi connectivity index (χ0) is 18.0. The van der Waals surface area contributed by atoms with Gasteiger partial charge in [-0.25, -0.2) is 4.79 Å². The average Bonchev–Trinajstić information content (AvgIpc) is 2.89. The van der Waals surface area contributed by atoms with Gasteiger partial charge in [0.15, 0.2) is 5.58 Å². The van der Waals surface area contributed by atoms with Crippen LogP contribution in [0.15, 0.2) is 45.6 Å². The lowest BCUT2D eigenvalue weighted by Crippen LogP contribution is -2.27. The van der Waals surface area contributed by atoms with Gasteiger partial charge in [0.25, 0.3) is 0 Å². The fourth-order valence-electron chi connectivity index (χ4n) is 2.74. The van der Waals surface area contributed by atoms with E-state index >= 15 is 0 Å². The van der Waals surface area contributed by atoms with Crippen LogP contribution in [0.5, 0.6) is 11.5 Å². The smallest absolute Gasteiger partial charge is 0.421 e. The third kappa shape index (κ3) is 3.65. The molecular weight excluding hydrogens is 344 g/mol. The average molecular weight is 363 g/mol. The zero-order valence-corrected chi connectivity index (χ0v) is 15.0. The van der Waals surface area contributed by atoms with Crippen LogP contribution >= 0.6 is 11.6 Å². The number of methoxy groups -OCH3 is 2. The molecular formula is C18H19ClN2O4. The molecule has 0 unspecified atom stereocenters. The van der Waals surface area contributed by atoms with Gasteiger partial charge in [0.05, 0.1) is 26.4 Å². The molecule has 0 aliphatic rings. The Bertz CT molecular complexity index is 948. The van der Waals surface area contributed by atoms with Gasteiger partial charge in [-0.05, 0) is 25.2 Å². The zero-order valence-electron chi connectivity index (χ0n) is 14.3. The van der Waals surface area contributed by atoms with E-state index in [1.807, 2.05) is 30.1 Å². The number of oxazole rings is 1. The Kier molecular flexibility index (Phi) is 5.01. The molecule has 0 saturated heterocycles. The third-order valence-electron chi connectivity index (χ3n) is 3.95. The van der Waals surface area contributed by atoms with Crippen LogP contribution in [-0.4, -0.2) is 30.7 Å². The number of fused-ring (bicyclic) bond motifs is 1. The number of halogens is 1. The summed E-state index contributed by atoms with van der Waals surface area (Å²) in [5.74, 6) is 1.06. The van der Waals surface area contributed by atoms with Crippen LogP contribution in [-0.2, 0) is 13.2 Å². The molecule has 0 aliphatic carbocycles. The molecule has 0 spiro atoms. The fraction of sp³-hybridized carbons (Fsp3) is 0.278. The van der Waals surface area contributed by atoms with Crippen molar-refractivity contribution in [1.29, 1.82) is 0 Å². The van der Waals surface area contributed by atoms with Crippen molar-refractivity contribution in [1.82, 2.24) is 9.47 Å². The topological polar surface area (TPSA) is 56.8 Å². The van der Waals surface area contributed by atoms with Crippen molar-refractivity contribution in [2.45, 2.75) is 13.2 Å². The second-order valence-corrected chi connectivity index (χ2v) is 6.18. The van der Waals surface area contributed by atoms with Crippen LogP contribution in [0, 0.1) is 0 Å². The summed E-state index contributed by atoms with van der Waals surface area (Å²) in [5, 5.41) is 0.532. The summed E-state index contributed by atoms with van der Waals surface area (Å²) >= 11 is 5.95. The highest BCUT2D eigenvalue weighted by Gasteiger charge is 2.13. The van der Waals surface area contributed by atoms with Crippen LogP contribution in [0.4, 0.5) is 0 Å². The molecule has 0 bridgehead atoms. The van der Waals surface area contributed by atoms with E-state index in [0.29, 0.717) is 29.3 Å². The molecule has 0 amide bonds. The number of aromatic nitrogens is 1. The van der Waals surface area contributed by atoms with Crippen molar-refractivity contribution in [3.05, 3.63) is 57.5 Å². The minimum absolute atomic E-state index is 0.378. The predicted molar refractivity (Wildman–Crippen MR) is 96.5 cm³/mol. The van der Waals surface area contributed by atoms with E-state index in [1.165, 1.54) is 0 Å². The highest BCUT2D eigenvalue weighted by atomic mass is 35.5. The maximum atomic E-state index is 12.1. The number of rotatable bonds is 6. The Hall–Kier alpha value is -2.44. The summed E-state index contributed by atoms with van der Waals surface area (Å²) in [6, 6.07) is 10.8. The number of benzene rings is 2. The summed E-state index contributed by atoms with van der Waals surface area (Å²) in [7, 11) is 5.16. The molecule has 0 saturated carbocycles. The van der Waals surface area contributed by atoms with E-state index in [9.17, 15) is 4.79 Å². The monoisotopic (exact) mass is 362 g/mol. The Morgan fingerprint density at radius 1 is 1.16 bits per heavy atom. The van der Waals surface area contributed by atoms with E-state index in [2.05, 4.69) is 0 Å². The number of nitrogens with zero attached hydrogens (tertiary/aromatic N) is 2. The molecule has 1 heterocycles. The minimum atomic E-state index is -0.411. The van der Waals surface area contributed by atoms with Crippen molar-refractivity contribution in [2.75, 3.05) is 21.3 Å². The van der Waals surface area contributed by atoms with Gasteiger partial charge in [0.2, 0.25) is 0 Å². The lowest BCUT2D eigenvalue weighted by molar-refractivity contribution is 0.249. The first kappa shape index (κ1) is 17.4. The van der Waals surface area contributed by atoms with Gasteiger partial charge < -0.3 is 13.9 Å². The van der Waals surface area contributed by atoms with Crippen molar-refractivity contribution in [2.24, 2.45) is 0 Å². The van der Waals surface area contributed by atoms with Crippen LogP contribution in [0.1, 0.15) is 5.56 Å². The van der Waals surface area contributed by atoms with Gasteiger partial charge in [-0.3, -0.25) is 9.47 Å². The van der Waals surface area contributed by atoms with Gasteiger partial charge in [-0.2, -0.15) is 0 Å². The second kappa shape index (κ2) is 7.21. The van der Waals surface area contributed by atoms with Gasteiger partial charge in [0, 0.05) is 29.3 Å². The Labute approximate surface area is 150 Å². The maximum Gasteiger partial charge on any atom is 0.421 e. The van der Waals surface area contributed by atoms with Crippen molar-refractivity contribution < 1.29 is 13.9 Å². The summed E-state index contributed by atoms with van der Waals surface area (Å²) in [6.45, 7) is 0.975. The molecule has 0 N–H and O–H groups in total. The first-order chi connectivity index (χ1) is 12.0. The summed E-state index contributed by atoms with van der Waals surface area (Å²) in [5.41, 5.74) is 2.19. The highest BCUT2D eigenvalue weighted by molar-refractivity contribution is 6.31. The molecule has 1 aromatic heterocycles. The van der Waals surface area contributed by atoms with Crippen LogP contribution < -0.4 is 15.2 Å². The van der Waals surface area contributed by atoms with Crippen LogP contribution in [0.25, 0.3) is 11.1 Å². The van der Waals surface area contributed by atoms with Gasteiger partial charge >= 0.3 is 5.76 Å². The number of hydrogen-bond donors (Lipinski definition) is 0. The van der Waals surface area contributed by atoms with E-state index in [0.717, 1.165) is 17.1 Å². The number of ether oxygens (including phenoxy) is 2. The maximum absolute atomic E-state index is 12.1. The fourth-order valence-corrected chi connectivity index (χ4v) is 2.90. The highest BCUT2D eigenvalue weighted by Crippen LogP contribution is 2.26. The van der Waals surface area contributed by atoms with E-state index in [1.54, 1.807) is 37.0 Å². The lowest BCUT2D eigenvalue weighted by atomic mass is 10.2. The molecule has 7 heteroatoms. The van der Waals surface area contributed by atoms with Gasteiger partial charge in [-0.1, -0.05) is 17.7 Å². The molecule has 132 valence electrons. The molecule has 6 nitrogen and oxygen atoms in total. The van der Waals surface area contributed by atoms with E-state index < -0.39 is 5.76 Å². The Morgan fingerprint density at radius 2 is 1.96 bits per heavy atom. The standard InChI is InChI=1S/C18H19ClN2O4/c1-20(10-12-4-6-14(23-2)9-16(12)24-3)11-21-15-7-5-13(19)8-17(15)25-18(21)22/h4-9H,10-11H2,1-3H3. The molecule has 0 fully saturated rings. The predicted octanol–water partition coefficient (Wildman–Crippen LogP) is 3.35. The van der Waals surface area contributed by atoms with Crippen molar-refractivity contribution >= 4 is 22.7 Å². The van der Waals surface area contributed by atoms with Crippen LogP contribution in [0.3, 0.4) is 0 Å². The largest absolute Gasteiger partial charge is 0.497 e. The van der Waals surface area contributed by atoms with E-state index in [-0.39, 0.29) is 0 Å². The first-order valence-electron chi connectivity index (χ1n) is 7.70. The van der Waals surface area contributed by atoms with Gasteiger partial charge in [-0.15, -0.1) is 0 Å². The molecule has 0 atom stereocenters. The molecule has 0 radical (unpaired) electrons. The quantitative estimate of drug-likeness (QED) is 0.673. The normalized spacial score (nSPS) is 11.2. The summed E-state index contributed by atoms with van der Waals surface area (Å²) < 4.78 is 17.5. The van der Waals surface area contributed by atoms with Crippen LogP contribution in [0.2, 0.25) is 5.02 Å². The molecule has 0 aliphatic heterocycles. The minimum Gasteiger partial charge on any atom is -0.497 e. The summed E-state index contributed by atoms with van der Waals surface area (Å²) in [6.07, 6.45) is 0. The third-order valence-corrected chi connectivity index (χ3v) is 4.18. The second-order valence-electron chi connectivity index (χ2n) is 5.74. The Balaban J connectivity index is 1.83. The lowest BCUT2D eigenvalue weighted by Gasteiger charge is -2.19.